The van der Waals surface area contributed by atoms with Gasteiger partial charge in [0.2, 0.25) is 0 Å². The molecule has 0 radical (unpaired) electrons. The average Bonchev–Trinajstić information content (AvgIpc) is 2.24. The molecule has 0 aliphatic heterocycles. The van der Waals surface area contributed by atoms with E-state index in [9.17, 15) is 4.79 Å². The van der Waals surface area contributed by atoms with Crippen LogP contribution in [0.3, 0.4) is 0 Å². The Hall–Kier alpha value is -1.42. The van der Waals surface area contributed by atoms with Crippen LogP contribution in [0.2, 0.25) is 0 Å². The number of carbonyl (C=O) groups excluding carboxylic acids is 1. The molecule has 1 aromatic heterocycles. The monoisotopic (exact) mass is 221 g/mol. The molecule has 4 heteroatoms. The molecule has 0 aliphatic carbocycles. The molecule has 0 atom stereocenters. The zero-order valence-corrected chi connectivity index (χ0v) is 9.86. The quantitative estimate of drug-likeness (QED) is 0.566. The van der Waals surface area contributed by atoms with Crippen molar-refractivity contribution in [3.63, 3.8) is 0 Å². The molecule has 1 aromatic rings. The van der Waals surface area contributed by atoms with E-state index >= 15 is 0 Å². The lowest BCUT2D eigenvalue weighted by atomic mass is 10.1. The first-order valence-electron chi connectivity index (χ1n) is 5.58. The van der Waals surface area contributed by atoms with E-state index < -0.39 is 0 Å². The van der Waals surface area contributed by atoms with E-state index in [1.807, 2.05) is 0 Å². The number of aromatic nitrogens is 1. The molecule has 0 fully saturated rings. The number of carbonyl (C=O) groups is 1. The van der Waals surface area contributed by atoms with Gasteiger partial charge in [-0.2, -0.15) is 0 Å². The Morgan fingerprint density at radius 1 is 1.56 bits per heavy atom. The Bertz CT molecular complexity index is 350. The van der Waals surface area contributed by atoms with Crippen LogP contribution in [-0.2, 0) is 0 Å². The molecule has 1 rings (SSSR count). The van der Waals surface area contributed by atoms with Crippen LogP contribution in [0.25, 0.3) is 0 Å². The van der Waals surface area contributed by atoms with Crippen molar-refractivity contribution in [2.24, 2.45) is 0 Å². The van der Waals surface area contributed by atoms with Crippen LogP contribution in [0, 0.1) is 0 Å². The van der Waals surface area contributed by atoms with Crippen molar-refractivity contribution in [1.82, 2.24) is 10.3 Å². The van der Waals surface area contributed by atoms with Gasteiger partial charge in [-0.15, -0.1) is 0 Å². The predicted octanol–water partition coefficient (Wildman–Crippen LogP) is 1.62. The maximum Gasteiger partial charge on any atom is 0.166 e. The molecule has 0 spiro atoms. The number of ketones is 1. The highest BCUT2D eigenvalue weighted by atomic mass is 16.1. The fourth-order valence-electron chi connectivity index (χ4n) is 1.43. The molecular weight excluding hydrogens is 202 g/mol. The van der Waals surface area contributed by atoms with Gasteiger partial charge in [-0.1, -0.05) is 13.8 Å². The lowest BCUT2D eigenvalue weighted by molar-refractivity contribution is 0.0980. The minimum atomic E-state index is 0.0659. The molecule has 0 aromatic carbocycles. The Balaban J connectivity index is 2.39. The van der Waals surface area contributed by atoms with Crippen molar-refractivity contribution in [2.45, 2.75) is 32.7 Å². The van der Waals surface area contributed by atoms with Crippen LogP contribution in [0.5, 0.6) is 0 Å². The molecule has 0 saturated heterocycles. The largest absolute Gasteiger partial charge is 0.383 e. The summed E-state index contributed by atoms with van der Waals surface area (Å²) < 4.78 is 0. The number of pyridine rings is 1. The van der Waals surface area contributed by atoms with Gasteiger partial charge in [-0.25, -0.2) is 4.98 Å². The van der Waals surface area contributed by atoms with E-state index in [-0.39, 0.29) is 5.78 Å². The molecule has 16 heavy (non-hydrogen) atoms. The van der Waals surface area contributed by atoms with Gasteiger partial charge in [0.05, 0.1) is 5.56 Å². The molecule has 0 bridgehead atoms. The second-order valence-electron chi connectivity index (χ2n) is 4.07. The van der Waals surface area contributed by atoms with Gasteiger partial charge >= 0.3 is 0 Å². The van der Waals surface area contributed by atoms with Crippen molar-refractivity contribution in [3.8, 4) is 0 Å². The van der Waals surface area contributed by atoms with Crippen LogP contribution >= 0.6 is 0 Å². The van der Waals surface area contributed by atoms with E-state index in [0.717, 1.165) is 13.0 Å². The number of Topliss-reactive ketones (excluding diaryl/α,β-unsaturated/α-hetero) is 1. The lowest BCUT2D eigenvalue weighted by Crippen LogP contribution is -2.24. The van der Waals surface area contributed by atoms with Gasteiger partial charge in [0.25, 0.3) is 0 Å². The number of rotatable bonds is 6. The van der Waals surface area contributed by atoms with E-state index in [4.69, 9.17) is 5.73 Å². The highest BCUT2D eigenvalue weighted by Crippen LogP contribution is 2.10. The number of nitrogens with one attached hydrogen (secondary N) is 1. The maximum atomic E-state index is 11.8. The van der Waals surface area contributed by atoms with Crippen LogP contribution in [0.1, 0.15) is 37.0 Å². The summed E-state index contributed by atoms with van der Waals surface area (Å²) >= 11 is 0. The van der Waals surface area contributed by atoms with Crippen molar-refractivity contribution >= 4 is 11.6 Å². The Morgan fingerprint density at radius 2 is 2.31 bits per heavy atom. The zero-order valence-electron chi connectivity index (χ0n) is 9.86. The van der Waals surface area contributed by atoms with Crippen LogP contribution in [-0.4, -0.2) is 23.4 Å². The number of hydrogen-bond acceptors (Lipinski definition) is 4. The number of nitrogen functional groups attached to an aromatic ring is 1. The van der Waals surface area contributed by atoms with Gasteiger partial charge in [-0.3, -0.25) is 4.79 Å². The van der Waals surface area contributed by atoms with Crippen LogP contribution in [0.15, 0.2) is 18.3 Å². The summed E-state index contributed by atoms with van der Waals surface area (Å²) in [5.41, 5.74) is 6.16. The van der Waals surface area contributed by atoms with Crippen molar-refractivity contribution in [2.75, 3.05) is 12.3 Å². The summed E-state index contributed by atoms with van der Waals surface area (Å²) in [4.78, 5) is 15.7. The second-order valence-corrected chi connectivity index (χ2v) is 4.07. The maximum absolute atomic E-state index is 11.8. The summed E-state index contributed by atoms with van der Waals surface area (Å²) in [6.07, 6.45) is 2.92. The SMILES string of the molecule is CC(C)NCCCC(=O)c1cccnc1N. The predicted molar refractivity (Wildman–Crippen MR) is 65.4 cm³/mol. The minimum absolute atomic E-state index is 0.0659. The summed E-state index contributed by atoms with van der Waals surface area (Å²) in [7, 11) is 0. The molecule has 0 aliphatic rings. The van der Waals surface area contributed by atoms with E-state index in [2.05, 4.69) is 24.1 Å². The molecule has 4 nitrogen and oxygen atoms in total. The van der Waals surface area contributed by atoms with Crippen molar-refractivity contribution in [1.29, 1.82) is 0 Å². The second kappa shape index (κ2) is 6.23. The molecule has 3 N–H and O–H groups in total. The number of anilines is 1. The minimum Gasteiger partial charge on any atom is -0.383 e. The average molecular weight is 221 g/mol. The van der Waals surface area contributed by atoms with E-state index in [1.165, 1.54) is 0 Å². The van der Waals surface area contributed by atoms with Crippen molar-refractivity contribution < 1.29 is 4.79 Å². The Labute approximate surface area is 96.3 Å². The van der Waals surface area contributed by atoms with Gasteiger partial charge < -0.3 is 11.1 Å². The Kier molecular flexibility index (Phi) is 4.92. The first kappa shape index (κ1) is 12.6. The fraction of sp³-hybridized carbons (Fsp3) is 0.500. The van der Waals surface area contributed by atoms with Crippen LogP contribution < -0.4 is 11.1 Å². The van der Waals surface area contributed by atoms with Crippen LogP contribution in [0.4, 0.5) is 5.82 Å². The molecule has 0 unspecified atom stereocenters. The topological polar surface area (TPSA) is 68.0 Å². The zero-order chi connectivity index (χ0) is 12.0. The smallest absolute Gasteiger partial charge is 0.166 e. The van der Waals surface area contributed by atoms with Gasteiger partial charge in [0.15, 0.2) is 5.78 Å². The highest BCUT2D eigenvalue weighted by Gasteiger charge is 2.09. The normalized spacial score (nSPS) is 10.7. The van der Waals surface area contributed by atoms with Gasteiger partial charge in [-0.05, 0) is 25.1 Å². The van der Waals surface area contributed by atoms with Gasteiger partial charge in [0.1, 0.15) is 5.82 Å². The lowest BCUT2D eigenvalue weighted by Gasteiger charge is -2.07. The molecule has 0 saturated carbocycles. The standard InChI is InChI=1S/C12H19N3O/c1-9(2)14-7-4-6-11(16)10-5-3-8-15-12(10)13/h3,5,8-9,14H,4,6-7H2,1-2H3,(H2,13,15). The first-order chi connectivity index (χ1) is 7.61. The number of nitrogens with zero attached hydrogens (tertiary/aromatic N) is 1. The molecule has 0 amide bonds. The van der Waals surface area contributed by atoms with Gasteiger partial charge in [0, 0.05) is 18.7 Å². The molecule has 88 valence electrons. The highest BCUT2D eigenvalue weighted by molar-refractivity contribution is 5.99. The summed E-state index contributed by atoms with van der Waals surface area (Å²) in [5.74, 6) is 0.389. The third kappa shape index (κ3) is 3.98. The third-order valence-electron chi connectivity index (χ3n) is 2.27. The molecule has 1 heterocycles. The van der Waals surface area contributed by atoms with E-state index in [0.29, 0.717) is 23.8 Å². The fourth-order valence-corrected chi connectivity index (χ4v) is 1.43. The Morgan fingerprint density at radius 3 is 2.94 bits per heavy atom. The summed E-state index contributed by atoms with van der Waals surface area (Å²) in [6, 6.07) is 3.91. The van der Waals surface area contributed by atoms with E-state index in [1.54, 1.807) is 18.3 Å². The summed E-state index contributed by atoms with van der Waals surface area (Å²) in [5, 5.41) is 3.27. The molecular formula is C12H19N3O. The first-order valence-corrected chi connectivity index (χ1v) is 5.58. The summed E-state index contributed by atoms with van der Waals surface area (Å²) in [6.45, 7) is 5.02. The number of nitrogens with two attached hydrogens (primary N) is 1. The third-order valence-corrected chi connectivity index (χ3v) is 2.27. The number of hydrogen-bond donors (Lipinski definition) is 2. The van der Waals surface area contributed by atoms with Crippen molar-refractivity contribution in [3.05, 3.63) is 23.9 Å².